The lowest BCUT2D eigenvalue weighted by atomic mass is 10.1. The van der Waals surface area contributed by atoms with Crippen LogP contribution in [0.1, 0.15) is 19.8 Å². The van der Waals surface area contributed by atoms with Gasteiger partial charge in [0.1, 0.15) is 11.6 Å². The van der Waals surface area contributed by atoms with Crippen LogP contribution in [0.4, 0.5) is 0 Å². The van der Waals surface area contributed by atoms with Crippen molar-refractivity contribution in [2.45, 2.75) is 24.7 Å². The van der Waals surface area contributed by atoms with Gasteiger partial charge in [0.2, 0.25) is 10.0 Å². The van der Waals surface area contributed by atoms with Crippen molar-refractivity contribution in [1.29, 1.82) is 0 Å². The van der Waals surface area contributed by atoms with Crippen LogP contribution in [0, 0.1) is 0 Å². The van der Waals surface area contributed by atoms with Crippen molar-refractivity contribution in [1.82, 2.24) is 29.1 Å². The topological polar surface area (TPSA) is 124 Å². The molecule has 2 N–H and O–H groups in total. The Morgan fingerprint density at radius 3 is 2.66 bits per heavy atom. The molecular formula is C24H28N6O4S. The minimum Gasteiger partial charge on any atom is -0.493 e. The highest BCUT2D eigenvalue weighted by Crippen LogP contribution is 2.32. The second-order valence-corrected chi connectivity index (χ2v) is 10.7. The number of piperazine rings is 1. The fourth-order valence-corrected chi connectivity index (χ4v) is 5.63. The van der Waals surface area contributed by atoms with Crippen molar-refractivity contribution in [3.05, 3.63) is 47.0 Å². The predicted molar refractivity (Wildman–Crippen MR) is 134 cm³/mol. The van der Waals surface area contributed by atoms with E-state index in [4.69, 9.17) is 4.74 Å². The van der Waals surface area contributed by atoms with Crippen LogP contribution < -0.4 is 10.3 Å². The molecule has 1 fully saturated rings. The van der Waals surface area contributed by atoms with E-state index >= 15 is 0 Å². The Hall–Kier alpha value is -3.28. The summed E-state index contributed by atoms with van der Waals surface area (Å²) in [5.74, 6) is 0.721. The van der Waals surface area contributed by atoms with Crippen LogP contribution >= 0.6 is 0 Å². The highest BCUT2D eigenvalue weighted by Gasteiger charge is 2.28. The molecule has 0 bridgehead atoms. The van der Waals surface area contributed by atoms with Crippen molar-refractivity contribution >= 4 is 32.0 Å². The molecule has 0 atom stereocenters. The molecular weight excluding hydrogens is 468 g/mol. The number of rotatable bonds is 7. The van der Waals surface area contributed by atoms with E-state index in [2.05, 4.69) is 31.8 Å². The van der Waals surface area contributed by atoms with Gasteiger partial charge in [-0.15, -0.1) is 0 Å². The molecule has 2 aromatic heterocycles. The molecule has 0 aliphatic carbocycles. The van der Waals surface area contributed by atoms with E-state index in [0.29, 0.717) is 60.5 Å². The van der Waals surface area contributed by atoms with Crippen molar-refractivity contribution in [3.63, 3.8) is 0 Å². The van der Waals surface area contributed by atoms with Gasteiger partial charge in [-0.1, -0.05) is 13.3 Å². The SMILES string of the molecule is CCCCOc1ccc(S(=O)(=O)N2CCN(C)CC2)cc1-c1nc2cc3nc[nH]c3cc2c(=O)[nH]1. The van der Waals surface area contributed by atoms with Gasteiger partial charge >= 0.3 is 0 Å². The number of nitrogens with zero attached hydrogens (tertiary/aromatic N) is 4. The van der Waals surface area contributed by atoms with E-state index in [0.717, 1.165) is 18.4 Å². The summed E-state index contributed by atoms with van der Waals surface area (Å²) < 4.78 is 34.3. The van der Waals surface area contributed by atoms with Crippen LogP contribution in [0.25, 0.3) is 33.3 Å². The number of likely N-dealkylation sites (N-methyl/N-ethyl adjacent to an activating group) is 1. The van der Waals surface area contributed by atoms with Crippen LogP contribution in [-0.2, 0) is 10.0 Å². The lowest BCUT2D eigenvalue weighted by Crippen LogP contribution is -2.47. The van der Waals surface area contributed by atoms with Gasteiger partial charge in [-0.2, -0.15) is 4.31 Å². The van der Waals surface area contributed by atoms with Crippen molar-refractivity contribution < 1.29 is 13.2 Å². The molecule has 5 rings (SSSR count). The van der Waals surface area contributed by atoms with Gasteiger partial charge in [-0.25, -0.2) is 18.4 Å². The molecule has 0 unspecified atom stereocenters. The number of hydrogen-bond donors (Lipinski definition) is 2. The van der Waals surface area contributed by atoms with Gasteiger partial charge in [-0.3, -0.25) is 4.79 Å². The zero-order chi connectivity index (χ0) is 24.6. The Morgan fingerprint density at radius 2 is 1.89 bits per heavy atom. The first-order chi connectivity index (χ1) is 16.9. The van der Waals surface area contributed by atoms with Gasteiger partial charge in [-0.05, 0) is 43.8 Å². The lowest BCUT2D eigenvalue weighted by molar-refractivity contribution is 0.222. The number of aromatic nitrogens is 4. The Bertz CT molecular complexity index is 1540. The summed E-state index contributed by atoms with van der Waals surface area (Å²) in [5.41, 5.74) is 2.00. The molecule has 2 aromatic carbocycles. The number of H-pyrrole nitrogens is 2. The van der Waals surface area contributed by atoms with E-state index < -0.39 is 10.0 Å². The summed E-state index contributed by atoms with van der Waals surface area (Å²) in [6.45, 7) is 4.73. The molecule has 0 saturated carbocycles. The molecule has 1 aliphatic rings. The summed E-state index contributed by atoms with van der Waals surface area (Å²) in [5, 5.41) is 0.417. The number of sulfonamides is 1. The average Bonchev–Trinajstić information content (AvgIpc) is 3.31. The van der Waals surface area contributed by atoms with Gasteiger partial charge in [0.15, 0.2) is 0 Å². The lowest BCUT2D eigenvalue weighted by Gasteiger charge is -2.31. The molecule has 4 aromatic rings. The zero-order valence-corrected chi connectivity index (χ0v) is 20.6. The largest absolute Gasteiger partial charge is 0.493 e. The van der Waals surface area contributed by atoms with E-state index in [-0.39, 0.29) is 16.3 Å². The number of hydrogen-bond acceptors (Lipinski definition) is 7. The number of imidazole rings is 1. The third-order valence-corrected chi connectivity index (χ3v) is 8.20. The number of benzene rings is 2. The van der Waals surface area contributed by atoms with Crippen LogP contribution in [0.15, 0.2) is 46.3 Å². The summed E-state index contributed by atoms with van der Waals surface area (Å²) in [6, 6.07) is 8.20. The Balaban J connectivity index is 1.62. The smallest absolute Gasteiger partial charge is 0.259 e. The molecule has 35 heavy (non-hydrogen) atoms. The quantitative estimate of drug-likeness (QED) is 0.377. The standard InChI is InChI=1S/C24H28N6O4S/c1-3-4-11-34-22-6-5-16(35(32,33)30-9-7-29(2)8-10-30)12-18(22)23-27-19-14-21-20(25-15-26-21)13-17(19)24(31)28-23/h5-6,12-15H,3-4,7-11H2,1-2H3,(H,25,26)(H,27,28,31). The number of unbranched alkanes of at least 4 members (excludes halogenated alkanes) is 1. The maximum absolute atomic E-state index is 13.4. The monoisotopic (exact) mass is 496 g/mol. The Labute approximate surface area is 203 Å². The number of ether oxygens (including phenoxy) is 1. The molecule has 1 aliphatic heterocycles. The van der Waals surface area contributed by atoms with Crippen molar-refractivity contribution in [2.24, 2.45) is 0 Å². The average molecular weight is 497 g/mol. The number of aromatic amines is 2. The van der Waals surface area contributed by atoms with Crippen molar-refractivity contribution in [2.75, 3.05) is 39.8 Å². The highest BCUT2D eigenvalue weighted by atomic mass is 32.2. The summed E-state index contributed by atoms with van der Waals surface area (Å²) >= 11 is 0. The maximum atomic E-state index is 13.4. The third kappa shape index (κ3) is 4.54. The van der Waals surface area contributed by atoms with E-state index in [9.17, 15) is 13.2 Å². The molecule has 0 spiro atoms. The van der Waals surface area contributed by atoms with Crippen LogP contribution in [-0.4, -0.2) is 77.4 Å². The number of nitrogens with one attached hydrogen (secondary N) is 2. The van der Waals surface area contributed by atoms with Crippen LogP contribution in [0.5, 0.6) is 5.75 Å². The third-order valence-electron chi connectivity index (χ3n) is 6.31. The minimum atomic E-state index is -3.71. The summed E-state index contributed by atoms with van der Waals surface area (Å²) in [7, 11) is -1.74. The molecule has 10 nitrogen and oxygen atoms in total. The first kappa shape index (κ1) is 23.5. The second kappa shape index (κ2) is 9.40. The molecule has 11 heteroatoms. The van der Waals surface area contributed by atoms with E-state index in [1.165, 1.54) is 4.31 Å². The highest BCUT2D eigenvalue weighted by molar-refractivity contribution is 7.89. The van der Waals surface area contributed by atoms with Gasteiger partial charge in [0.25, 0.3) is 5.56 Å². The van der Waals surface area contributed by atoms with Gasteiger partial charge < -0.3 is 19.6 Å². The molecule has 3 heterocycles. The van der Waals surface area contributed by atoms with Crippen molar-refractivity contribution in [3.8, 4) is 17.1 Å². The second-order valence-electron chi connectivity index (χ2n) is 8.77. The normalized spacial score (nSPS) is 15.7. The summed E-state index contributed by atoms with van der Waals surface area (Å²) in [4.78, 5) is 29.9. The summed E-state index contributed by atoms with van der Waals surface area (Å²) in [6.07, 6.45) is 3.36. The Morgan fingerprint density at radius 1 is 1.09 bits per heavy atom. The van der Waals surface area contributed by atoms with Gasteiger partial charge in [0, 0.05) is 26.2 Å². The predicted octanol–water partition coefficient (Wildman–Crippen LogP) is 2.58. The first-order valence-corrected chi connectivity index (χ1v) is 13.1. The molecule has 184 valence electrons. The molecule has 0 radical (unpaired) electrons. The van der Waals surface area contributed by atoms with Crippen LogP contribution in [0.2, 0.25) is 0 Å². The van der Waals surface area contributed by atoms with E-state index in [1.54, 1.807) is 36.7 Å². The number of fused-ring (bicyclic) bond motifs is 2. The minimum absolute atomic E-state index is 0.144. The molecule has 0 amide bonds. The maximum Gasteiger partial charge on any atom is 0.259 e. The van der Waals surface area contributed by atoms with Crippen LogP contribution in [0.3, 0.4) is 0 Å². The Kier molecular flexibility index (Phi) is 6.30. The van der Waals surface area contributed by atoms with E-state index in [1.807, 2.05) is 7.05 Å². The van der Waals surface area contributed by atoms with Gasteiger partial charge in [0.05, 0.1) is 45.3 Å². The zero-order valence-electron chi connectivity index (χ0n) is 19.7. The molecule has 1 saturated heterocycles. The fraction of sp³-hybridized carbons (Fsp3) is 0.375. The fourth-order valence-electron chi connectivity index (χ4n) is 4.18. The first-order valence-electron chi connectivity index (χ1n) is 11.7.